The van der Waals surface area contributed by atoms with Crippen LogP contribution in [0.15, 0.2) is 59.7 Å². The van der Waals surface area contributed by atoms with Crippen molar-refractivity contribution in [3.63, 3.8) is 0 Å². The summed E-state index contributed by atoms with van der Waals surface area (Å²) in [6.45, 7) is 1.82. The summed E-state index contributed by atoms with van der Waals surface area (Å²) < 4.78 is 10.6. The van der Waals surface area contributed by atoms with Crippen LogP contribution < -0.4 is 20.2 Å². The first kappa shape index (κ1) is 26.0. The molecule has 0 aromatic heterocycles. The zero-order valence-corrected chi connectivity index (χ0v) is 20.7. The number of hydrogen-bond acceptors (Lipinski definition) is 6. The summed E-state index contributed by atoms with van der Waals surface area (Å²) in [5.74, 6) is -2.15. The first-order chi connectivity index (χ1) is 16.7. The van der Waals surface area contributed by atoms with E-state index in [9.17, 15) is 14.4 Å². The van der Waals surface area contributed by atoms with Gasteiger partial charge in [-0.3, -0.25) is 9.59 Å². The molecule has 0 aliphatic carbocycles. The zero-order valence-electron chi connectivity index (χ0n) is 18.4. The Bertz CT molecular complexity index is 1330. The molecule has 8 nitrogen and oxygen atoms in total. The minimum Gasteiger partial charge on any atom is -0.493 e. The molecule has 0 bridgehead atoms. The number of nitrogens with zero attached hydrogens (tertiary/aromatic N) is 1. The molecule has 2 N–H and O–H groups in total. The molecule has 0 spiro atoms. The molecule has 3 rings (SSSR count). The van der Waals surface area contributed by atoms with Gasteiger partial charge in [-0.1, -0.05) is 40.9 Å². The normalized spacial score (nSPS) is 10.7. The van der Waals surface area contributed by atoms with E-state index in [1.807, 2.05) is 6.92 Å². The number of aryl methyl sites for hydroxylation is 1. The van der Waals surface area contributed by atoms with Crippen molar-refractivity contribution in [2.45, 2.75) is 6.92 Å². The number of esters is 1. The van der Waals surface area contributed by atoms with Crippen molar-refractivity contribution in [3.8, 4) is 11.5 Å². The maximum atomic E-state index is 12.4. The van der Waals surface area contributed by atoms with Crippen molar-refractivity contribution < 1.29 is 23.9 Å². The highest BCUT2D eigenvalue weighted by Gasteiger charge is 2.15. The fourth-order valence-electron chi connectivity index (χ4n) is 2.71. The Balaban J connectivity index is 1.61. The molecule has 3 aromatic carbocycles. The van der Waals surface area contributed by atoms with E-state index < -0.39 is 17.8 Å². The summed E-state index contributed by atoms with van der Waals surface area (Å²) in [6, 6.07) is 13.8. The van der Waals surface area contributed by atoms with Gasteiger partial charge in [0, 0.05) is 10.7 Å². The molecule has 0 radical (unpaired) electrons. The number of carbonyl (C=O) groups excluding carboxylic acids is 3. The monoisotopic (exact) mass is 533 g/mol. The molecule has 180 valence electrons. The van der Waals surface area contributed by atoms with Crippen molar-refractivity contribution in [3.05, 3.63) is 86.4 Å². The lowest BCUT2D eigenvalue weighted by atomic mass is 10.2. The molecule has 3 aromatic rings. The molecule has 0 unspecified atom stereocenters. The molecular weight excluding hydrogens is 517 g/mol. The van der Waals surface area contributed by atoms with Crippen LogP contribution in [0.5, 0.6) is 11.5 Å². The van der Waals surface area contributed by atoms with Gasteiger partial charge in [0.05, 0.1) is 28.9 Å². The molecular formula is C24H18Cl3N3O5. The van der Waals surface area contributed by atoms with Gasteiger partial charge in [-0.2, -0.15) is 5.10 Å². The van der Waals surface area contributed by atoms with Crippen molar-refractivity contribution in [2.24, 2.45) is 5.10 Å². The third-order valence-corrected chi connectivity index (χ3v) is 5.71. The Kier molecular flexibility index (Phi) is 8.70. The minimum atomic E-state index is -0.975. The van der Waals surface area contributed by atoms with Crippen LogP contribution in [0.2, 0.25) is 15.1 Å². The van der Waals surface area contributed by atoms with Crippen LogP contribution in [0.25, 0.3) is 0 Å². The average Bonchev–Trinajstić information content (AvgIpc) is 2.83. The van der Waals surface area contributed by atoms with E-state index in [0.29, 0.717) is 21.3 Å². The number of carbonyl (C=O) groups is 3. The number of hydrazone groups is 1. The average molecular weight is 535 g/mol. The number of halogens is 3. The predicted molar refractivity (Wildman–Crippen MR) is 135 cm³/mol. The number of nitrogens with one attached hydrogen (secondary N) is 2. The van der Waals surface area contributed by atoms with Crippen LogP contribution in [0.3, 0.4) is 0 Å². The quantitative estimate of drug-likeness (QED) is 0.147. The Labute approximate surface area is 215 Å². The number of benzene rings is 3. The largest absolute Gasteiger partial charge is 0.493 e. The van der Waals surface area contributed by atoms with E-state index in [1.54, 1.807) is 18.2 Å². The number of anilines is 1. The van der Waals surface area contributed by atoms with Gasteiger partial charge < -0.3 is 14.8 Å². The first-order valence-electron chi connectivity index (χ1n) is 9.93. The van der Waals surface area contributed by atoms with E-state index in [4.69, 9.17) is 44.3 Å². The third kappa shape index (κ3) is 6.95. The lowest BCUT2D eigenvalue weighted by Gasteiger charge is -2.10. The summed E-state index contributed by atoms with van der Waals surface area (Å²) in [5.41, 5.74) is 4.05. The van der Waals surface area contributed by atoms with Gasteiger partial charge in [0.15, 0.2) is 11.5 Å². The Hall–Kier alpha value is -3.59. The SMILES string of the molecule is COc1cc(/C=N/NC(=O)C(=O)Nc2ccc(C)c(Cl)c2)ccc1OC(=O)c1ccc(Cl)c(Cl)c1. The van der Waals surface area contributed by atoms with Crippen molar-refractivity contribution in [1.29, 1.82) is 0 Å². The number of rotatable bonds is 6. The molecule has 2 amide bonds. The molecule has 0 saturated heterocycles. The van der Waals surface area contributed by atoms with Crippen LogP contribution in [-0.4, -0.2) is 31.1 Å². The predicted octanol–water partition coefficient (Wildman–Crippen LogP) is 5.27. The molecule has 0 atom stereocenters. The second-order valence-electron chi connectivity index (χ2n) is 7.05. The van der Waals surface area contributed by atoms with E-state index in [2.05, 4.69) is 15.8 Å². The van der Waals surface area contributed by atoms with Gasteiger partial charge in [0.1, 0.15) is 0 Å². The smallest absolute Gasteiger partial charge is 0.343 e. The van der Waals surface area contributed by atoms with Gasteiger partial charge >= 0.3 is 17.8 Å². The fraction of sp³-hybridized carbons (Fsp3) is 0.0833. The molecule has 35 heavy (non-hydrogen) atoms. The first-order valence-corrected chi connectivity index (χ1v) is 11.1. The Morgan fingerprint density at radius 3 is 2.31 bits per heavy atom. The summed E-state index contributed by atoms with van der Waals surface area (Å²) in [7, 11) is 1.40. The van der Waals surface area contributed by atoms with E-state index >= 15 is 0 Å². The van der Waals surface area contributed by atoms with E-state index in [1.165, 1.54) is 49.7 Å². The molecule has 0 saturated carbocycles. The molecule has 0 heterocycles. The fourth-order valence-corrected chi connectivity index (χ4v) is 3.18. The van der Waals surface area contributed by atoms with E-state index in [-0.39, 0.29) is 22.1 Å². The van der Waals surface area contributed by atoms with Crippen molar-refractivity contribution in [2.75, 3.05) is 12.4 Å². The van der Waals surface area contributed by atoms with E-state index in [0.717, 1.165) is 5.56 Å². The standard InChI is InChI=1S/C24H18Cl3N3O5/c1-13-3-6-16(11-18(13)26)29-22(31)23(32)30-28-12-14-4-8-20(21(9-14)34-2)35-24(33)15-5-7-17(25)19(27)10-15/h3-12H,1-2H3,(H,29,31)(H,30,32)/b28-12+. The second-order valence-corrected chi connectivity index (χ2v) is 8.27. The van der Waals surface area contributed by atoms with Crippen LogP contribution in [0.4, 0.5) is 5.69 Å². The number of ether oxygens (including phenoxy) is 2. The number of hydrogen-bond donors (Lipinski definition) is 2. The van der Waals surface area contributed by atoms with Crippen LogP contribution in [-0.2, 0) is 9.59 Å². The van der Waals surface area contributed by atoms with Crippen LogP contribution in [0.1, 0.15) is 21.5 Å². The molecule has 11 heteroatoms. The zero-order chi connectivity index (χ0) is 25.5. The number of methoxy groups -OCH3 is 1. The minimum absolute atomic E-state index is 0.154. The summed E-state index contributed by atoms with van der Waals surface area (Å²) in [4.78, 5) is 36.4. The van der Waals surface area contributed by atoms with Gasteiger partial charge in [-0.05, 0) is 66.6 Å². The van der Waals surface area contributed by atoms with Crippen LogP contribution >= 0.6 is 34.8 Å². The van der Waals surface area contributed by atoms with Crippen LogP contribution in [0, 0.1) is 6.92 Å². The highest BCUT2D eigenvalue weighted by Crippen LogP contribution is 2.29. The second kappa shape index (κ2) is 11.7. The Morgan fingerprint density at radius 2 is 1.63 bits per heavy atom. The lowest BCUT2D eigenvalue weighted by molar-refractivity contribution is -0.136. The Morgan fingerprint density at radius 1 is 0.857 bits per heavy atom. The van der Waals surface area contributed by atoms with Crippen molar-refractivity contribution >= 4 is 64.5 Å². The molecule has 0 aliphatic heterocycles. The third-order valence-electron chi connectivity index (χ3n) is 4.56. The van der Waals surface area contributed by atoms with Gasteiger partial charge in [0.2, 0.25) is 0 Å². The lowest BCUT2D eigenvalue weighted by Crippen LogP contribution is -2.32. The molecule has 0 aliphatic rings. The topological polar surface area (TPSA) is 106 Å². The molecule has 0 fully saturated rings. The van der Waals surface area contributed by atoms with Gasteiger partial charge in [-0.15, -0.1) is 0 Å². The summed E-state index contributed by atoms with van der Waals surface area (Å²) in [6.07, 6.45) is 1.29. The maximum Gasteiger partial charge on any atom is 0.343 e. The number of amides is 2. The highest BCUT2D eigenvalue weighted by atomic mass is 35.5. The van der Waals surface area contributed by atoms with Crippen molar-refractivity contribution in [1.82, 2.24) is 5.43 Å². The summed E-state index contributed by atoms with van der Waals surface area (Å²) in [5, 5.41) is 7.19. The highest BCUT2D eigenvalue weighted by molar-refractivity contribution is 6.42. The van der Waals surface area contributed by atoms with Gasteiger partial charge in [0.25, 0.3) is 0 Å². The van der Waals surface area contributed by atoms with Gasteiger partial charge in [-0.25, -0.2) is 10.2 Å². The maximum absolute atomic E-state index is 12.4. The summed E-state index contributed by atoms with van der Waals surface area (Å²) >= 11 is 17.8.